The van der Waals surface area contributed by atoms with Gasteiger partial charge in [-0.05, 0) is 30.2 Å². The van der Waals surface area contributed by atoms with Crippen LogP contribution in [0.2, 0.25) is 0 Å². The molecule has 1 N–H and O–H groups in total. The number of benzene rings is 1. The molecule has 1 aromatic carbocycles. The number of nitrogens with one attached hydrogen (secondary N) is 1. The fraction of sp³-hybridized carbons (Fsp3) is 0.412. The van der Waals surface area contributed by atoms with E-state index in [-0.39, 0.29) is 0 Å². The lowest BCUT2D eigenvalue weighted by molar-refractivity contribution is 0.133. The van der Waals surface area contributed by atoms with E-state index in [1.807, 2.05) is 19.1 Å². The van der Waals surface area contributed by atoms with Crippen LogP contribution < -0.4 is 5.32 Å². The van der Waals surface area contributed by atoms with Gasteiger partial charge in [0.1, 0.15) is 11.5 Å². The minimum absolute atomic E-state index is 0.676. The second-order valence-corrected chi connectivity index (χ2v) is 4.73. The molecule has 0 saturated heterocycles. The fourth-order valence-corrected chi connectivity index (χ4v) is 2.11. The molecule has 2 rings (SSSR count). The molecule has 0 atom stereocenters. The van der Waals surface area contributed by atoms with Crippen molar-refractivity contribution < 1.29 is 9.15 Å². The van der Waals surface area contributed by atoms with Crippen LogP contribution in [0.5, 0.6) is 0 Å². The summed E-state index contributed by atoms with van der Waals surface area (Å²) in [7, 11) is 0. The first-order valence-electron chi connectivity index (χ1n) is 7.26. The summed E-state index contributed by atoms with van der Waals surface area (Å²) in [6.45, 7) is 7.11. The maximum atomic E-state index is 5.68. The number of ether oxygens (including phenoxy) is 1. The molecule has 3 heteroatoms. The number of furan rings is 1. The van der Waals surface area contributed by atoms with E-state index in [4.69, 9.17) is 9.15 Å². The third-order valence-corrected chi connectivity index (χ3v) is 3.26. The van der Waals surface area contributed by atoms with Gasteiger partial charge in [-0.15, -0.1) is 0 Å². The highest BCUT2D eigenvalue weighted by molar-refractivity contribution is 5.26. The second kappa shape index (κ2) is 7.88. The zero-order chi connectivity index (χ0) is 14.2. The summed E-state index contributed by atoms with van der Waals surface area (Å²) in [4.78, 5) is 0. The summed E-state index contributed by atoms with van der Waals surface area (Å²) in [6, 6.07) is 12.5. The molecule has 0 spiro atoms. The molecule has 0 saturated carbocycles. The Morgan fingerprint density at radius 2 is 1.70 bits per heavy atom. The maximum Gasteiger partial charge on any atom is 0.117 e. The SMILES string of the molecule is CCOCc1ccccc1CNCc1ccc(CC)o1. The zero-order valence-corrected chi connectivity index (χ0v) is 12.3. The van der Waals surface area contributed by atoms with Crippen LogP contribution in [-0.4, -0.2) is 6.61 Å². The number of hydrogen-bond donors (Lipinski definition) is 1. The molecule has 108 valence electrons. The third kappa shape index (κ3) is 4.22. The summed E-state index contributed by atoms with van der Waals surface area (Å²) >= 11 is 0. The Labute approximate surface area is 121 Å². The molecule has 0 aliphatic carbocycles. The van der Waals surface area contributed by atoms with Gasteiger partial charge < -0.3 is 14.5 Å². The highest BCUT2D eigenvalue weighted by Gasteiger charge is 2.03. The van der Waals surface area contributed by atoms with E-state index in [1.54, 1.807) is 0 Å². The van der Waals surface area contributed by atoms with E-state index >= 15 is 0 Å². The Kier molecular flexibility index (Phi) is 5.84. The summed E-state index contributed by atoms with van der Waals surface area (Å²) in [5.41, 5.74) is 2.53. The minimum Gasteiger partial charge on any atom is -0.465 e. The molecule has 0 unspecified atom stereocenters. The zero-order valence-electron chi connectivity index (χ0n) is 12.3. The van der Waals surface area contributed by atoms with Crippen molar-refractivity contribution in [2.45, 2.75) is 40.0 Å². The van der Waals surface area contributed by atoms with E-state index in [1.165, 1.54) is 11.1 Å². The topological polar surface area (TPSA) is 34.4 Å². The first-order chi connectivity index (χ1) is 9.83. The Hall–Kier alpha value is -1.58. The lowest BCUT2D eigenvalue weighted by atomic mass is 10.1. The van der Waals surface area contributed by atoms with Gasteiger partial charge in [-0.3, -0.25) is 0 Å². The number of hydrogen-bond acceptors (Lipinski definition) is 3. The molecule has 2 aromatic rings. The van der Waals surface area contributed by atoms with Gasteiger partial charge in [0.05, 0.1) is 13.2 Å². The van der Waals surface area contributed by atoms with Crippen molar-refractivity contribution in [1.29, 1.82) is 0 Å². The van der Waals surface area contributed by atoms with Crippen molar-refractivity contribution >= 4 is 0 Å². The molecule has 1 aromatic heterocycles. The van der Waals surface area contributed by atoms with E-state index in [0.717, 1.165) is 37.6 Å². The third-order valence-electron chi connectivity index (χ3n) is 3.26. The molecule has 1 heterocycles. The minimum atomic E-state index is 0.676. The van der Waals surface area contributed by atoms with Crippen LogP contribution in [0.25, 0.3) is 0 Å². The van der Waals surface area contributed by atoms with Crippen LogP contribution in [-0.2, 0) is 30.9 Å². The molecular formula is C17H23NO2. The van der Waals surface area contributed by atoms with Crippen LogP contribution in [0.1, 0.15) is 36.5 Å². The lowest BCUT2D eigenvalue weighted by Crippen LogP contribution is -2.14. The largest absolute Gasteiger partial charge is 0.465 e. The van der Waals surface area contributed by atoms with Gasteiger partial charge in [0, 0.05) is 19.6 Å². The molecule has 0 aliphatic heterocycles. The average molecular weight is 273 g/mol. The summed E-state index contributed by atoms with van der Waals surface area (Å²) in [5.74, 6) is 2.03. The van der Waals surface area contributed by atoms with Gasteiger partial charge in [-0.25, -0.2) is 0 Å². The Bertz CT molecular complexity index is 519. The van der Waals surface area contributed by atoms with Gasteiger partial charge in [0.15, 0.2) is 0 Å². The molecule has 0 amide bonds. The highest BCUT2D eigenvalue weighted by Crippen LogP contribution is 2.11. The molecule has 0 radical (unpaired) electrons. The van der Waals surface area contributed by atoms with Crippen LogP contribution in [0.3, 0.4) is 0 Å². The Morgan fingerprint density at radius 3 is 2.40 bits per heavy atom. The summed E-state index contributed by atoms with van der Waals surface area (Å²) in [6.07, 6.45) is 0.942. The molecule has 0 aliphatic rings. The summed E-state index contributed by atoms with van der Waals surface area (Å²) < 4.78 is 11.2. The fourth-order valence-electron chi connectivity index (χ4n) is 2.11. The number of aryl methyl sites for hydroxylation is 1. The smallest absolute Gasteiger partial charge is 0.117 e. The maximum absolute atomic E-state index is 5.68. The molecule has 3 nitrogen and oxygen atoms in total. The van der Waals surface area contributed by atoms with Gasteiger partial charge in [0.25, 0.3) is 0 Å². The van der Waals surface area contributed by atoms with Gasteiger partial charge in [-0.1, -0.05) is 31.2 Å². The van der Waals surface area contributed by atoms with E-state index in [9.17, 15) is 0 Å². The van der Waals surface area contributed by atoms with E-state index in [0.29, 0.717) is 6.61 Å². The Morgan fingerprint density at radius 1 is 0.950 bits per heavy atom. The monoisotopic (exact) mass is 273 g/mol. The normalized spacial score (nSPS) is 10.9. The van der Waals surface area contributed by atoms with Gasteiger partial charge >= 0.3 is 0 Å². The second-order valence-electron chi connectivity index (χ2n) is 4.73. The first-order valence-corrected chi connectivity index (χ1v) is 7.26. The van der Waals surface area contributed by atoms with E-state index in [2.05, 4.69) is 36.5 Å². The van der Waals surface area contributed by atoms with Gasteiger partial charge in [0.2, 0.25) is 0 Å². The van der Waals surface area contributed by atoms with Crippen molar-refractivity contribution in [1.82, 2.24) is 5.32 Å². The van der Waals surface area contributed by atoms with Crippen molar-refractivity contribution in [3.05, 3.63) is 59.0 Å². The van der Waals surface area contributed by atoms with Crippen molar-refractivity contribution in [3.8, 4) is 0 Å². The standard InChI is InChI=1S/C17H23NO2/c1-3-16-9-10-17(20-16)12-18-11-14-7-5-6-8-15(14)13-19-4-2/h5-10,18H,3-4,11-13H2,1-2H3. The van der Waals surface area contributed by atoms with Crippen LogP contribution in [0.4, 0.5) is 0 Å². The molecule has 0 fully saturated rings. The van der Waals surface area contributed by atoms with Crippen LogP contribution in [0.15, 0.2) is 40.8 Å². The van der Waals surface area contributed by atoms with Crippen molar-refractivity contribution in [2.75, 3.05) is 6.61 Å². The predicted octanol–water partition coefficient (Wildman–Crippen LogP) is 3.67. The average Bonchev–Trinajstić information content (AvgIpc) is 2.94. The highest BCUT2D eigenvalue weighted by atomic mass is 16.5. The predicted molar refractivity (Wildman–Crippen MR) is 80.4 cm³/mol. The first kappa shape index (κ1) is 14.8. The Balaban J connectivity index is 1.87. The lowest BCUT2D eigenvalue weighted by Gasteiger charge is -2.10. The van der Waals surface area contributed by atoms with Crippen LogP contribution >= 0.6 is 0 Å². The van der Waals surface area contributed by atoms with Crippen molar-refractivity contribution in [2.24, 2.45) is 0 Å². The number of rotatable bonds is 8. The van der Waals surface area contributed by atoms with E-state index < -0.39 is 0 Å². The van der Waals surface area contributed by atoms with Gasteiger partial charge in [-0.2, -0.15) is 0 Å². The molecule has 0 bridgehead atoms. The summed E-state index contributed by atoms with van der Waals surface area (Å²) in [5, 5.41) is 3.42. The molecular weight excluding hydrogens is 250 g/mol. The quantitative estimate of drug-likeness (QED) is 0.797. The molecule has 20 heavy (non-hydrogen) atoms. The van der Waals surface area contributed by atoms with Crippen LogP contribution in [0, 0.1) is 0 Å². The van der Waals surface area contributed by atoms with Crippen molar-refractivity contribution in [3.63, 3.8) is 0 Å².